The molecule has 0 fully saturated rings. The normalized spacial score (nSPS) is 12.1. The first kappa shape index (κ1) is 45.4. The number of rotatable bonds is 9. The number of hydrogen-bond donors (Lipinski definition) is 0. The summed E-state index contributed by atoms with van der Waals surface area (Å²) in [6.45, 7) is 4.00. The molecule has 0 unspecified atom stereocenters. The topological polar surface area (TPSA) is 21.3 Å². The molecule has 0 aliphatic heterocycles. The molecule has 3 heteroatoms. The van der Waals surface area contributed by atoms with Crippen LogP contribution in [0.2, 0.25) is 0 Å². The molecule has 0 N–H and O–H groups in total. The van der Waals surface area contributed by atoms with Crippen molar-refractivity contribution in [3.63, 3.8) is 0 Å². The maximum absolute atomic E-state index is 6.15. The molecule has 1 aliphatic rings. The van der Waals surface area contributed by atoms with Gasteiger partial charge in [0.1, 0.15) is 11.2 Å². The predicted octanol–water partition coefficient (Wildman–Crippen LogP) is 20.2. The van der Waals surface area contributed by atoms with E-state index in [1.54, 1.807) is 0 Å². The Bertz CT molecular complexity index is 4190. The van der Waals surface area contributed by atoms with Gasteiger partial charge >= 0.3 is 0 Å². The molecule has 0 bridgehead atoms. The van der Waals surface area contributed by atoms with Gasteiger partial charge in [-0.3, -0.25) is 0 Å². The van der Waals surface area contributed by atoms with Crippen LogP contribution < -0.4 is 4.90 Å². The Balaban J connectivity index is 0.00000267. The third-order valence-corrected chi connectivity index (χ3v) is 14.9. The Morgan fingerprint density at radius 2 is 0.800 bits per heavy atom. The van der Waals surface area contributed by atoms with Gasteiger partial charge in [-0.25, -0.2) is 0 Å². The van der Waals surface area contributed by atoms with Gasteiger partial charge in [0.2, 0.25) is 0 Å². The number of para-hydroxylation sites is 3. The lowest BCUT2D eigenvalue weighted by Gasteiger charge is -2.26. The molecule has 0 atom stereocenters. The van der Waals surface area contributed by atoms with Gasteiger partial charge in [-0.1, -0.05) is 190 Å². The number of aryl methyl sites for hydroxylation is 1. The van der Waals surface area contributed by atoms with Gasteiger partial charge in [-0.05, 0) is 171 Å². The van der Waals surface area contributed by atoms with Crippen molar-refractivity contribution in [2.75, 3.05) is 4.90 Å². The van der Waals surface area contributed by atoms with Crippen LogP contribution in [0.25, 0.3) is 99.5 Å². The summed E-state index contributed by atoms with van der Waals surface area (Å²) in [6, 6.07) is 94.9. The summed E-state index contributed by atoms with van der Waals surface area (Å²) in [5, 5.41) is 4.79. The Labute approximate surface area is 438 Å². The molecule has 0 saturated carbocycles. The van der Waals surface area contributed by atoms with Gasteiger partial charge in [0.15, 0.2) is 0 Å². The lowest BCUT2D eigenvalue weighted by Crippen LogP contribution is -2.09. The Hall–Kier alpha value is -9.44. The van der Waals surface area contributed by atoms with Gasteiger partial charge in [0.25, 0.3) is 0 Å². The number of allylic oxidation sites excluding steroid dienone is 1. The molecule has 2 aromatic heterocycles. The molecule has 11 aromatic carbocycles. The lowest BCUT2D eigenvalue weighted by atomic mass is 9.86. The molecule has 0 spiro atoms. The highest BCUT2D eigenvalue weighted by Crippen LogP contribution is 2.41. The average molecular weight is 963 g/mol. The molecule has 2 heterocycles. The quantitative estimate of drug-likeness (QED) is 0.144. The summed E-state index contributed by atoms with van der Waals surface area (Å²) < 4.78 is 8.54. The summed E-state index contributed by atoms with van der Waals surface area (Å²) >= 11 is 0. The van der Waals surface area contributed by atoms with E-state index >= 15 is 0 Å². The summed E-state index contributed by atoms with van der Waals surface area (Å²) in [5.74, 6) is 0. The molecule has 1 aliphatic carbocycles. The highest BCUT2D eigenvalue weighted by molar-refractivity contribution is 6.09. The van der Waals surface area contributed by atoms with E-state index in [9.17, 15) is 0 Å². The minimum absolute atomic E-state index is 0.906. The molecule has 3 nitrogen and oxygen atoms in total. The standard InChI is InChI=1S/C70H48N2O.C2H6/c1-2-21-61-50(13-1)14-12-25-62(61)56-19-10-16-52(44-56)48-31-38-58(39-32-48)71(57-36-29-47(30-37-57)51-15-9-17-53(43-51)55-35-42-70-66(46-55)65-24-5-8-28-69(65)73-70)59-40-33-49(34-41-59)54-18-11-20-60(45-54)72-67-26-6-3-22-63(67)64-23-4-7-27-68(64)72;1-2/h1-11,13,15-46H,12,14H2;1-2H3. The number of furan rings is 1. The van der Waals surface area contributed by atoms with Crippen molar-refractivity contribution in [1.29, 1.82) is 0 Å². The number of anilines is 3. The van der Waals surface area contributed by atoms with Crippen LogP contribution in [0.15, 0.2) is 271 Å². The van der Waals surface area contributed by atoms with Crippen LogP contribution in [0, 0.1) is 0 Å². The van der Waals surface area contributed by atoms with Gasteiger partial charge in [0, 0.05) is 44.3 Å². The van der Waals surface area contributed by atoms with E-state index in [1.165, 1.54) is 71.9 Å². The molecular formula is C72H54N2O. The Morgan fingerprint density at radius 1 is 0.347 bits per heavy atom. The second-order valence-electron chi connectivity index (χ2n) is 19.2. The highest BCUT2D eigenvalue weighted by Gasteiger charge is 2.18. The van der Waals surface area contributed by atoms with Crippen molar-refractivity contribution < 1.29 is 4.42 Å². The molecular weight excluding hydrogens is 909 g/mol. The second-order valence-corrected chi connectivity index (χ2v) is 19.2. The molecule has 358 valence electrons. The van der Waals surface area contributed by atoms with Crippen LogP contribution in [0.3, 0.4) is 0 Å². The molecule has 0 saturated heterocycles. The molecule has 13 aromatic rings. The molecule has 0 amide bonds. The predicted molar refractivity (Wildman–Crippen MR) is 318 cm³/mol. The zero-order valence-electron chi connectivity index (χ0n) is 42.1. The van der Waals surface area contributed by atoms with Crippen molar-refractivity contribution in [3.05, 3.63) is 284 Å². The SMILES string of the molecule is C1=C(c2cccc(-c3ccc(N(c4ccc(-c5cccc(-c6ccc7oc8ccccc8c7c6)c5)cc4)c4ccc(-c5cccc(-n6c7ccccc7c7ccccc76)c5)cc4)cc3)c2)c2ccccc2CC1.CC. The first-order chi connectivity index (χ1) is 37.2. The second kappa shape index (κ2) is 19.5. The van der Waals surface area contributed by atoms with E-state index < -0.39 is 0 Å². The summed E-state index contributed by atoms with van der Waals surface area (Å²) in [4.78, 5) is 2.37. The third-order valence-electron chi connectivity index (χ3n) is 14.9. The number of fused-ring (bicyclic) bond motifs is 7. The fourth-order valence-corrected chi connectivity index (χ4v) is 11.3. The van der Waals surface area contributed by atoms with Gasteiger partial charge in [-0.15, -0.1) is 0 Å². The highest BCUT2D eigenvalue weighted by atomic mass is 16.3. The molecule has 75 heavy (non-hydrogen) atoms. The Morgan fingerprint density at radius 3 is 1.43 bits per heavy atom. The maximum atomic E-state index is 6.15. The number of hydrogen-bond acceptors (Lipinski definition) is 2. The van der Waals surface area contributed by atoms with E-state index in [2.05, 4.69) is 264 Å². The lowest BCUT2D eigenvalue weighted by molar-refractivity contribution is 0.669. The fourth-order valence-electron chi connectivity index (χ4n) is 11.3. The number of nitrogens with zero attached hydrogens (tertiary/aromatic N) is 2. The number of benzene rings is 11. The van der Waals surface area contributed by atoms with E-state index in [4.69, 9.17) is 4.42 Å². The van der Waals surface area contributed by atoms with E-state index in [1.807, 2.05) is 26.0 Å². The van der Waals surface area contributed by atoms with Crippen molar-refractivity contribution in [2.24, 2.45) is 0 Å². The number of aromatic nitrogens is 1. The first-order valence-electron chi connectivity index (χ1n) is 26.3. The van der Waals surface area contributed by atoms with Crippen LogP contribution in [0.4, 0.5) is 17.1 Å². The van der Waals surface area contributed by atoms with Crippen LogP contribution in [-0.2, 0) is 6.42 Å². The van der Waals surface area contributed by atoms with Crippen LogP contribution in [0.5, 0.6) is 0 Å². The van der Waals surface area contributed by atoms with Crippen LogP contribution in [0.1, 0.15) is 37.0 Å². The fraction of sp³-hybridized carbons (Fsp3) is 0.0556. The van der Waals surface area contributed by atoms with Crippen molar-refractivity contribution in [2.45, 2.75) is 26.7 Å². The monoisotopic (exact) mass is 962 g/mol. The average Bonchev–Trinajstić information content (AvgIpc) is 4.06. The van der Waals surface area contributed by atoms with Gasteiger partial charge in [-0.2, -0.15) is 0 Å². The summed E-state index contributed by atoms with van der Waals surface area (Å²) in [5.41, 5.74) is 23.3. The first-order valence-corrected chi connectivity index (χ1v) is 26.3. The van der Waals surface area contributed by atoms with Gasteiger partial charge < -0.3 is 13.9 Å². The smallest absolute Gasteiger partial charge is 0.135 e. The Kier molecular flexibility index (Phi) is 11.8. The van der Waals surface area contributed by atoms with Crippen LogP contribution in [-0.4, -0.2) is 4.57 Å². The maximum Gasteiger partial charge on any atom is 0.135 e. The molecule has 0 radical (unpaired) electrons. The van der Waals surface area contributed by atoms with E-state index in [0.29, 0.717) is 0 Å². The van der Waals surface area contributed by atoms with E-state index in [0.717, 1.165) is 74.2 Å². The summed E-state index contributed by atoms with van der Waals surface area (Å²) in [6.07, 6.45) is 4.56. The zero-order chi connectivity index (χ0) is 50.2. The van der Waals surface area contributed by atoms with Gasteiger partial charge in [0.05, 0.1) is 11.0 Å². The molecule has 14 rings (SSSR count). The largest absolute Gasteiger partial charge is 0.456 e. The van der Waals surface area contributed by atoms with Crippen molar-refractivity contribution in [1.82, 2.24) is 4.57 Å². The third kappa shape index (κ3) is 8.39. The minimum atomic E-state index is 0.906. The van der Waals surface area contributed by atoms with E-state index in [-0.39, 0.29) is 0 Å². The van der Waals surface area contributed by atoms with Crippen molar-refractivity contribution >= 4 is 66.4 Å². The van der Waals surface area contributed by atoms with Crippen molar-refractivity contribution in [3.8, 4) is 50.2 Å². The summed E-state index contributed by atoms with van der Waals surface area (Å²) in [7, 11) is 0. The zero-order valence-corrected chi connectivity index (χ0v) is 42.1. The minimum Gasteiger partial charge on any atom is -0.456 e. The van der Waals surface area contributed by atoms with Crippen LogP contribution >= 0.6 is 0 Å².